The third kappa shape index (κ3) is 43.1. The molecule has 1 amide bonds. The highest BCUT2D eigenvalue weighted by molar-refractivity contribution is 5.76. The molecule has 0 aliphatic rings. The van der Waals surface area contributed by atoms with E-state index in [0.29, 0.717) is 12.8 Å². The molecule has 0 heterocycles. The van der Waals surface area contributed by atoms with Gasteiger partial charge in [-0.25, -0.2) is 0 Å². The van der Waals surface area contributed by atoms with Gasteiger partial charge in [-0.2, -0.15) is 0 Å². The molecule has 0 fully saturated rings. The summed E-state index contributed by atoms with van der Waals surface area (Å²) in [5, 5.41) is 22.9. The van der Waals surface area contributed by atoms with Crippen molar-refractivity contribution >= 4 is 5.91 Å². The summed E-state index contributed by atoms with van der Waals surface area (Å²) in [6.45, 7) is 4.19. The number of unbranched alkanes of at least 4 members (excludes halogenated alkanes) is 26. The molecule has 0 aromatic heterocycles. The Morgan fingerprint density at radius 2 is 0.800 bits per heavy atom. The van der Waals surface area contributed by atoms with E-state index in [1.807, 2.05) is 0 Å². The van der Waals surface area contributed by atoms with Gasteiger partial charge in [-0.3, -0.25) is 4.79 Å². The zero-order valence-corrected chi connectivity index (χ0v) is 36.7. The van der Waals surface area contributed by atoms with E-state index < -0.39 is 12.1 Å². The lowest BCUT2D eigenvalue weighted by Gasteiger charge is -2.22. The van der Waals surface area contributed by atoms with Crippen molar-refractivity contribution in [2.24, 2.45) is 0 Å². The number of carbonyl (C=O) groups is 1. The average molecular weight is 768 g/mol. The first-order chi connectivity index (χ1) is 27.2. The molecule has 320 valence electrons. The van der Waals surface area contributed by atoms with Crippen LogP contribution in [0.25, 0.3) is 0 Å². The molecule has 0 aliphatic heterocycles. The van der Waals surface area contributed by atoms with Crippen LogP contribution in [0, 0.1) is 0 Å². The van der Waals surface area contributed by atoms with Crippen LogP contribution in [-0.4, -0.2) is 34.9 Å². The molecule has 0 aliphatic carbocycles. The molecular weight excluding hydrogens is 675 g/mol. The standard InChI is InChI=1S/C51H93NO3/c1-3-5-7-9-11-12-13-14-15-16-17-18-19-20-21-22-23-24-25-26-27-28-29-30-31-32-33-34-35-36-37-38-39-40-41-43-45-47-51(55)52-49(48-53)50(54)46-44-42-10-8-6-4-2/h5,7,11-12,14-15,17-18,20-21,49-50,53-54H,3-4,6,8-10,13,16,19,22-48H2,1-2H3,(H,52,55)/b7-5-,12-11-,15-14-,18-17-,21-20-. The fraction of sp³-hybridized carbons (Fsp3) is 0.784. The van der Waals surface area contributed by atoms with Crippen molar-refractivity contribution in [1.29, 1.82) is 0 Å². The van der Waals surface area contributed by atoms with Crippen LogP contribution >= 0.6 is 0 Å². The number of carbonyl (C=O) groups excluding carboxylic acids is 1. The van der Waals surface area contributed by atoms with E-state index in [-0.39, 0.29) is 12.5 Å². The second-order valence-corrected chi connectivity index (χ2v) is 16.2. The van der Waals surface area contributed by atoms with Gasteiger partial charge in [0.2, 0.25) is 5.91 Å². The van der Waals surface area contributed by atoms with Gasteiger partial charge in [0.15, 0.2) is 0 Å². The van der Waals surface area contributed by atoms with Crippen LogP contribution in [0.3, 0.4) is 0 Å². The molecule has 0 aromatic rings. The van der Waals surface area contributed by atoms with E-state index in [1.165, 1.54) is 154 Å². The molecule has 0 saturated carbocycles. The smallest absolute Gasteiger partial charge is 0.220 e. The van der Waals surface area contributed by atoms with Gasteiger partial charge in [-0.1, -0.05) is 235 Å². The number of hydrogen-bond donors (Lipinski definition) is 3. The van der Waals surface area contributed by atoms with Gasteiger partial charge in [0, 0.05) is 6.42 Å². The maximum Gasteiger partial charge on any atom is 0.220 e. The number of aliphatic hydroxyl groups is 2. The zero-order valence-electron chi connectivity index (χ0n) is 36.7. The van der Waals surface area contributed by atoms with Crippen LogP contribution in [-0.2, 0) is 4.79 Å². The van der Waals surface area contributed by atoms with E-state index in [2.05, 4.69) is 79.9 Å². The van der Waals surface area contributed by atoms with Gasteiger partial charge < -0.3 is 15.5 Å². The van der Waals surface area contributed by atoms with Crippen molar-refractivity contribution in [1.82, 2.24) is 5.32 Å². The van der Waals surface area contributed by atoms with Crippen LogP contribution < -0.4 is 5.32 Å². The third-order valence-corrected chi connectivity index (χ3v) is 10.8. The maximum atomic E-state index is 12.3. The van der Waals surface area contributed by atoms with E-state index in [9.17, 15) is 15.0 Å². The van der Waals surface area contributed by atoms with Gasteiger partial charge in [0.25, 0.3) is 0 Å². The Kier molecular flexibility index (Phi) is 44.9. The highest BCUT2D eigenvalue weighted by Crippen LogP contribution is 2.16. The summed E-state index contributed by atoms with van der Waals surface area (Å²) in [4.78, 5) is 12.3. The number of amides is 1. The Bertz CT molecular complexity index is 919. The Balaban J connectivity index is 3.37. The van der Waals surface area contributed by atoms with Crippen molar-refractivity contribution < 1.29 is 15.0 Å². The highest BCUT2D eigenvalue weighted by atomic mass is 16.3. The molecule has 0 saturated heterocycles. The summed E-state index contributed by atoms with van der Waals surface area (Å²) in [6, 6.07) is -0.532. The van der Waals surface area contributed by atoms with Gasteiger partial charge >= 0.3 is 0 Å². The van der Waals surface area contributed by atoms with Crippen LogP contribution in [0.2, 0.25) is 0 Å². The van der Waals surface area contributed by atoms with Gasteiger partial charge in [-0.05, 0) is 57.8 Å². The van der Waals surface area contributed by atoms with Gasteiger partial charge in [-0.15, -0.1) is 0 Å². The fourth-order valence-electron chi connectivity index (χ4n) is 7.15. The molecule has 0 spiro atoms. The number of allylic oxidation sites excluding steroid dienone is 10. The monoisotopic (exact) mass is 768 g/mol. The average Bonchev–Trinajstić information content (AvgIpc) is 3.19. The summed E-state index contributed by atoms with van der Waals surface area (Å²) in [5.41, 5.74) is 0. The van der Waals surface area contributed by atoms with E-state index in [0.717, 1.165) is 57.8 Å². The third-order valence-electron chi connectivity index (χ3n) is 10.8. The fourth-order valence-corrected chi connectivity index (χ4v) is 7.15. The van der Waals surface area contributed by atoms with Crippen LogP contribution in [0.15, 0.2) is 60.8 Å². The lowest BCUT2D eigenvalue weighted by Crippen LogP contribution is -2.45. The first-order valence-electron chi connectivity index (χ1n) is 24.0. The van der Waals surface area contributed by atoms with E-state index in [1.54, 1.807) is 0 Å². The van der Waals surface area contributed by atoms with E-state index in [4.69, 9.17) is 0 Å². The lowest BCUT2D eigenvalue weighted by molar-refractivity contribution is -0.123. The first kappa shape index (κ1) is 53.1. The van der Waals surface area contributed by atoms with Crippen LogP contribution in [0.1, 0.15) is 239 Å². The van der Waals surface area contributed by atoms with Crippen molar-refractivity contribution in [2.75, 3.05) is 6.61 Å². The molecule has 3 N–H and O–H groups in total. The minimum absolute atomic E-state index is 0.0356. The quantitative estimate of drug-likeness (QED) is 0.0427. The zero-order chi connectivity index (χ0) is 40.0. The number of aliphatic hydroxyl groups excluding tert-OH is 2. The SMILES string of the molecule is CC/C=C\C/C=C\C/C=C\C/C=C\C/C=C\CCCCCCCCCCCCCCCCCCCCCCCC(=O)NC(CO)C(O)CCCCCCCC. The Labute approximate surface area is 343 Å². The second-order valence-electron chi connectivity index (χ2n) is 16.2. The minimum atomic E-state index is -0.655. The summed E-state index contributed by atoms with van der Waals surface area (Å²) in [5.74, 6) is -0.0356. The normalized spacial score (nSPS) is 13.5. The molecule has 55 heavy (non-hydrogen) atoms. The largest absolute Gasteiger partial charge is 0.394 e. The maximum absolute atomic E-state index is 12.3. The van der Waals surface area contributed by atoms with Crippen molar-refractivity contribution in [3.8, 4) is 0 Å². The van der Waals surface area contributed by atoms with E-state index >= 15 is 0 Å². The summed E-state index contributed by atoms with van der Waals surface area (Å²) in [6.07, 6.45) is 65.0. The molecule has 4 nitrogen and oxygen atoms in total. The Hall–Kier alpha value is -1.91. The summed E-state index contributed by atoms with van der Waals surface area (Å²) in [7, 11) is 0. The van der Waals surface area contributed by atoms with Crippen molar-refractivity contribution in [3.05, 3.63) is 60.8 Å². The van der Waals surface area contributed by atoms with Crippen molar-refractivity contribution in [3.63, 3.8) is 0 Å². The van der Waals surface area contributed by atoms with Crippen molar-refractivity contribution in [2.45, 2.75) is 251 Å². The molecular formula is C51H93NO3. The summed E-state index contributed by atoms with van der Waals surface area (Å²) < 4.78 is 0. The lowest BCUT2D eigenvalue weighted by atomic mass is 10.0. The molecule has 0 radical (unpaired) electrons. The minimum Gasteiger partial charge on any atom is -0.394 e. The van der Waals surface area contributed by atoms with Crippen LogP contribution in [0.5, 0.6) is 0 Å². The predicted molar refractivity (Wildman–Crippen MR) is 244 cm³/mol. The van der Waals surface area contributed by atoms with Gasteiger partial charge in [0.05, 0.1) is 18.8 Å². The Morgan fingerprint density at radius 3 is 1.20 bits per heavy atom. The van der Waals surface area contributed by atoms with Crippen LogP contribution in [0.4, 0.5) is 0 Å². The first-order valence-corrected chi connectivity index (χ1v) is 24.0. The number of nitrogens with one attached hydrogen (secondary N) is 1. The molecule has 2 unspecified atom stereocenters. The highest BCUT2D eigenvalue weighted by Gasteiger charge is 2.20. The molecule has 2 atom stereocenters. The Morgan fingerprint density at radius 1 is 0.455 bits per heavy atom. The number of rotatable bonds is 43. The van der Waals surface area contributed by atoms with Gasteiger partial charge in [0.1, 0.15) is 0 Å². The molecule has 0 rings (SSSR count). The second kappa shape index (κ2) is 46.5. The molecule has 0 bridgehead atoms. The molecule has 4 heteroatoms. The topological polar surface area (TPSA) is 69.6 Å². The number of hydrogen-bond acceptors (Lipinski definition) is 3. The molecule has 0 aromatic carbocycles. The summed E-state index contributed by atoms with van der Waals surface area (Å²) >= 11 is 0. The predicted octanol–water partition coefficient (Wildman–Crippen LogP) is 15.3.